The Balaban J connectivity index is 1.81. The molecule has 6 nitrogen and oxygen atoms in total. The molecule has 1 N–H and O–H groups in total. The van der Waals surface area contributed by atoms with Gasteiger partial charge in [0.05, 0.1) is 0 Å². The molecule has 0 radical (unpaired) electrons. The van der Waals surface area contributed by atoms with E-state index in [0.717, 1.165) is 11.3 Å². The topological polar surface area (TPSA) is 77.1 Å². The summed E-state index contributed by atoms with van der Waals surface area (Å²) in [6.45, 7) is 5.01. The Morgan fingerprint density at radius 1 is 1.12 bits per heavy atom. The van der Waals surface area contributed by atoms with Crippen LogP contribution < -0.4 is 4.72 Å². The summed E-state index contributed by atoms with van der Waals surface area (Å²) in [4.78, 5) is 0.110. The molecule has 2 aromatic heterocycles. The summed E-state index contributed by atoms with van der Waals surface area (Å²) in [6, 6.07) is 11.3. The third kappa shape index (κ3) is 3.13. The maximum Gasteiger partial charge on any atom is 0.246 e. The molecule has 0 saturated carbocycles. The summed E-state index contributed by atoms with van der Waals surface area (Å²) in [5.41, 5.74) is 2.25. The summed E-state index contributed by atoms with van der Waals surface area (Å²) in [6.07, 6.45) is 3.91. The van der Waals surface area contributed by atoms with E-state index in [1.54, 1.807) is 20.8 Å². The highest BCUT2D eigenvalue weighted by Crippen LogP contribution is 2.22. The molecule has 3 rings (SSSR count). The van der Waals surface area contributed by atoms with Crippen molar-refractivity contribution in [1.82, 2.24) is 14.4 Å². The first-order valence-electron chi connectivity index (χ1n) is 7.57. The minimum Gasteiger partial charge on any atom is -0.360 e. The lowest BCUT2D eigenvalue weighted by atomic mass is 10.1. The molecule has 0 saturated heterocycles. The van der Waals surface area contributed by atoms with Crippen molar-refractivity contribution in [2.75, 3.05) is 0 Å². The van der Waals surface area contributed by atoms with E-state index in [-0.39, 0.29) is 16.7 Å². The van der Waals surface area contributed by atoms with Crippen LogP contribution >= 0.6 is 0 Å². The van der Waals surface area contributed by atoms with E-state index < -0.39 is 10.0 Å². The van der Waals surface area contributed by atoms with Gasteiger partial charge in [0.2, 0.25) is 10.0 Å². The van der Waals surface area contributed by atoms with Crippen LogP contribution in [0.3, 0.4) is 0 Å². The lowest BCUT2D eigenvalue weighted by Crippen LogP contribution is -2.27. The fraction of sp³-hybridized carbons (Fsp3) is 0.235. The fourth-order valence-corrected chi connectivity index (χ4v) is 4.22. The van der Waals surface area contributed by atoms with Crippen molar-refractivity contribution < 1.29 is 12.9 Å². The molecule has 7 heteroatoms. The summed E-state index contributed by atoms with van der Waals surface area (Å²) in [5.74, 6) is 0.287. The molecule has 0 bridgehead atoms. The number of benzene rings is 1. The third-order valence-corrected chi connectivity index (χ3v) is 5.65. The van der Waals surface area contributed by atoms with Crippen LogP contribution in [0.1, 0.15) is 30.0 Å². The fourth-order valence-electron chi connectivity index (χ4n) is 2.66. The summed E-state index contributed by atoms with van der Waals surface area (Å²) < 4.78 is 34.7. The molecule has 0 aliphatic carbocycles. The van der Waals surface area contributed by atoms with Gasteiger partial charge in [-0.05, 0) is 50.6 Å². The first kappa shape index (κ1) is 16.5. The van der Waals surface area contributed by atoms with Crippen LogP contribution in [0.4, 0.5) is 0 Å². The van der Waals surface area contributed by atoms with Crippen LogP contribution in [-0.4, -0.2) is 18.1 Å². The first-order chi connectivity index (χ1) is 11.4. The maximum atomic E-state index is 12.6. The van der Waals surface area contributed by atoms with E-state index in [0.29, 0.717) is 5.69 Å². The third-order valence-electron chi connectivity index (χ3n) is 3.86. The number of hydrogen-bond acceptors (Lipinski definition) is 4. The van der Waals surface area contributed by atoms with Gasteiger partial charge in [-0.25, -0.2) is 13.1 Å². The number of rotatable bonds is 5. The van der Waals surface area contributed by atoms with Crippen molar-refractivity contribution in [1.29, 1.82) is 0 Å². The van der Waals surface area contributed by atoms with Crippen molar-refractivity contribution in [2.24, 2.45) is 0 Å². The second-order valence-corrected chi connectivity index (χ2v) is 7.33. The van der Waals surface area contributed by atoms with Crippen molar-refractivity contribution in [3.63, 3.8) is 0 Å². The smallest absolute Gasteiger partial charge is 0.246 e. The molecule has 1 aromatic carbocycles. The van der Waals surface area contributed by atoms with Crippen LogP contribution in [0.2, 0.25) is 0 Å². The van der Waals surface area contributed by atoms with Gasteiger partial charge in [0.1, 0.15) is 10.6 Å². The lowest BCUT2D eigenvalue weighted by Gasteiger charge is -2.15. The van der Waals surface area contributed by atoms with Gasteiger partial charge >= 0.3 is 0 Å². The average molecular weight is 345 g/mol. The quantitative estimate of drug-likeness (QED) is 0.771. The van der Waals surface area contributed by atoms with Gasteiger partial charge in [-0.1, -0.05) is 17.3 Å². The minimum absolute atomic E-state index is 0.110. The van der Waals surface area contributed by atoms with Gasteiger partial charge in [0.15, 0.2) is 5.76 Å². The van der Waals surface area contributed by atoms with E-state index >= 15 is 0 Å². The minimum atomic E-state index is -3.69. The molecule has 1 atom stereocenters. The molecule has 0 amide bonds. The molecule has 3 aromatic rings. The van der Waals surface area contributed by atoms with Crippen LogP contribution in [0.5, 0.6) is 0 Å². The van der Waals surface area contributed by atoms with Gasteiger partial charge in [-0.3, -0.25) is 0 Å². The standard InChI is InChI=1S/C17H19N3O3S/c1-12(19-24(21,22)17-13(2)18-23-14(17)3)15-6-8-16(9-7-15)20-10-4-5-11-20/h4-12,19H,1-3H3. The van der Waals surface area contributed by atoms with Crippen LogP contribution in [0.15, 0.2) is 58.2 Å². The Labute approximate surface area is 141 Å². The molecule has 0 fully saturated rings. The number of nitrogens with one attached hydrogen (secondary N) is 1. The van der Waals surface area contributed by atoms with Crippen LogP contribution in [0.25, 0.3) is 5.69 Å². The van der Waals surface area contributed by atoms with Gasteiger partial charge in [0, 0.05) is 24.1 Å². The Kier molecular flexibility index (Phi) is 4.29. The number of hydrogen-bond donors (Lipinski definition) is 1. The SMILES string of the molecule is Cc1noc(C)c1S(=O)(=O)NC(C)c1ccc(-n2cccc2)cc1. The molecule has 0 spiro atoms. The predicted octanol–water partition coefficient (Wildman–Crippen LogP) is 3.12. The molecule has 0 aliphatic rings. The Morgan fingerprint density at radius 3 is 2.29 bits per heavy atom. The number of aromatic nitrogens is 2. The highest BCUT2D eigenvalue weighted by molar-refractivity contribution is 7.89. The normalized spacial score (nSPS) is 13.1. The lowest BCUT2D eigenvalue weighted by molar-refractivity contribution is 0.390. The summed E-state index contributed by atoms with van der Waals surface area (Å²) in [5, 5.41) is 3.71. The largest absolute Gasteiger partial charge is 0.360 e. The Hall–Kier alpha value is -2.38. The first-order valence-corrected chi connectivity index (χ1v) is 9.05. The van der Waals surface area contributed by atoms with Gasteiger partial charge in [-0.2, -0.15) is 0 Å². The zero-order chi connectivity index (χ0) is 17.3. The van der Waals surface area contributed by atoms with Crippen LogP contribution in [-0.2, 0) is 10.0 Å². The van der Waals surface area contributed by atoms with E-state index in [1.165, 1.54) is 0 Å². The highest BCUT2D eigenvalue weighted by atomic mass is 32.2. The number of nitrogens with zero attached hydrogens (tertiary/aromatic N) is 2. The second kappa shape index (κ2) is 6.26. The van der Waals surface area contributed by atoms with Crippen molar-refractivity contribution in [2.45, 2.75) is 31.7 Å². The molecular weight excluding hydrogens is 326 g/mol. The maximum absolute atomic E-state index is 12.6. The summed E-state index contributed by atoms with van der Waals surface area (Å²) >= 11 is 0. The number of sulfonamides is 1. The average Bonchev–Trinajstić information content (AvgIpc) is 3.17. The molecule has 1 unspecified atom stereocenters. The van der Waals surface area contributed by atoms with Gasteiger partial charge < -0.3 is 9.09 Å². The Bertz CT molecular complexity index is 907. The van der Waals surface area contributed by atoms with Crippen molar-refractivity contribution >= 4 is 10.0 Å². The highest BCUT2D eigenvalue weighted by Gasteiger charge is 2.26. The zero-order valence-electron chi connectivity index (χ0n) is 13.7. The summed E-state index contributed by atoms with van der Waals surface area (Å²) in [7, 11) is -3.69. The van der Waals surface area contributed by atoms with Crippen molar-refractivity contribution in [3.8, 4) is 5.69 Å². The number of aryl methyl sites for hydroxylation is 2. The van der Waals surface area contributed by atoms with Crippen molar-refractivity contribution in [3.05, 3.63) is 65.8 Å². The molecular formula is C17H19N3O3S. The van der Waals surface area contributed by atoms with Gasteiger partial charge in [0.25, 0.3) is 0 Å². The molecule has 0 aliphatic heterocycles. The van der Waals surface area contributed by atoms with E-state index in [2.05, 4.69) is 9.88 Å². The van der Waals surface area contributed by atoms with Gasteiger partial charge in [-0.15, -0.1) is 0 Å². The molecule has 2 heterocycles. The Morgan fingerprint density at radius 2 is 1.75 bits per heavy atom. The second-order valence-electron chi connectivity index (χ2n) is 5.68. The predicted molar refractivity (Wildman–Crippen MR) is 90.5 cm³/mol. The van der Waals surface area contributed by atoms with E-state index in [9.17, 15) is 8.42 Å². The molecule has 126 valence electrons. The van der Waals surface area contributed by atoms with E-state index in [1.807, 2.05) is 53.4 Å². The zero-order valence-corrected chi connectivity index (χ0v) is 14.5. The molecule has 24 heavy (non-hydrogen) atoms. The monoisotopic (exact) mass is 345 g/mol. The van der Waals surface area contributed by atoms with Crippen LogP contribution in [0, 0.1) is 13.8 Å². The van der Waals surface area contributed by atoms with E-state index in [4.69, 9.17) is 4.52 Å².